The molecule has 1 unspecified atom stereocenters. The van der Waals surface area contributed by atoms with Gasteiger partial charge in [-0.15, -0.1) is 11.8 Å². The summed E-state index contributed by atoms with van der Waals surface area (Å²) in [5.74, 6) is 2.24. The fourth-order valence-electron chi connectivity index (χ4n) is 3.52. The summed E-state index contributed by atoms with van der Waals surface area (Å²) < 4.78 is 11.0. The molecule has 0 saturated heterocycles. The molecule has 0 fully saturated rings. The molecule has 3 heteroatoms. The van der Waals surface area contributed by atoms with E-state index in [9.17, 15) is 0 Å². The Balaban J connectivity index is 1.80. The molecule has 0 amide bonds. The Labute approximate surface area is 129 Å². The lowest BCUT2D eigenvalue weighted by molar-refractivity contribution is 0.174. The van der Waals surface area contributed by atoms with Crippen molar-refractivity contribution in [1.82, 2.24) is 0 Å². The molecule has 21 heavy (non-hydrogen) atoms. The van der Waals surface area contributed by atoms with Crippen LogP contribution in [0.2, 0.25) is 0 Å². The van der Waals surface area contributed by atoms with Crippen LogP contribution in [0.3, 0.4) is 0 Å². The smallest absolute Gasteiger partial charge is 0.231 e. The zero-order valence-electron chi connectivity index (χ0n) is 12.3. The topological polar surface area (TPSA) is 18.5 Å². The Morgan fingerprint density at radius 3 is 2.81 bits per heavy atom. The van der Waals surface area contributed by atoms with E-state index in [0.29, 0.717) is 12.7 Å². The number of aryl methyl sites for hydroxylation is 2. The summed E-state index contributed by atoms with van der Waals surface area (Å²) in [7, 11) is 0. The fraction of sp³-hybridized carbons (Fsp3) is 0.333. The average molecular weight is 298 g/mol. The molecule has 2 nitrogen and oxygen atoms in total. The number of benzene rings is 2. The van der Waals surface area contributed by atoms with E-state index in [1.807, 2.05) is 17.8 Å². The first-order chi connectivity index (χ1) is 10.3. The van der Waals surface area contributed by atoms with E-state index < -0.39 is 0 Å². The monoisotopic (exact) mass is 298 g/mol. The van der Waals surface area contributed by atoms with Crippen molar-refractivity contribution in [3.8, 4) is 11.5 Å². The van der Waals surface area contributed by atoms with E-state index in [1.165, 1.54) is 40.0 Å². The first kappa shape index (κ1) is 13.1. The standard InChI is InChI=1S/C18H18O2S/c1-11-7-13-3-5-14(18(13)17(8-11)21-2)12-4-6-15-16(9-12)20-10-19-15/h4,6-9,14H,3,5,10H2,1-2H3. The van der Waals surface area contributed by atoms with Crippen molar-refractivity contribution >= 4 is 11.8 Å². The molecule has 0 aromatic heterocycles. The maximum absolute atomic E-state index is 5.53. The fourth-order valence-corrected chi connectivity index (χ4v) is 4.31. The second-order valence-corrected chi connectivity index (χ2v) is 6.59. The quantitative estimate of drug-likeness (QED) is 0.759. The number of rotatable bonds is 2. The van der Waals surface area contributed by atoms with Crippen molar-refractivity contribution in [2.24, 2.45) is 0 Å². The van der Waals surface area contributed by atoms with Gasteiger partial charge in [0.1, 0.15) is 0 Å². The Morgan fingerprint density at radius 1 is 1.10 bits per heavy atom. The van der Waals surface area contributed by atoms with Crippen LogP contribution in [0.5, 0.6) is 11.5 Å². The predicted octanol–water partition coefficient (Wildman–Crippen LogP) is 4.52. The van der Waals surface area contributed by atoms with E-state index in [-0.39, 0.29) is 0 Å². The lowest BCUT2D eigenvalue weighted by Crippen LogP contribution is -1.99. The molecule has 0 spiro atoms. The van der Waals surface area contributed by atoms with Crippen LogP contribution in [-0.2, 0) is 6.42 Å². The predicted molar refractivity (Wildman–Crippen MR) is 85.7 cm³/mol. The highest BCUT2D eigenvalue weighted by Gasteiger charge is 2.28. The van der Waals surface area contributed by atoms with Crippen LogP contribution in [0.4, 0.5) is 0 Å². The van der Waals surface area contributed by atoms with Gasteiger partial charge in [0.25, 0.3) is 0 Å². The molecule has 4 rings (SSSR count). The third-order valence-corrected chi connectivity index (χ3v) is 5.22. The molecule has 0 N–H and O–H groups in total. The van der Waals surface area contributed by atoms with Crippen LogP contribution >= 0.6 is 11.8 Å². The van der Waals surface area contributed by atoms with Crippen LogP contribution in [0.25, 0.3) is 0 Å². The van der Waals surface area contributed by atoms with E-state index in [4.69, 9.17) is 9.47 Å². The SMILES string of the molecule is CSc1cc(C)cc2c1C(c1ccc3c(c1)OCO3)CC2. The number of ether oxygens (including phenoxy) is 2. The molecule has 1 heterocycles. The van der Waals surface area contributed by atoms with Crippen molar-refractivity contribution in [2.45, 2.75) is 30.6 Å². The molecule has 2 aromatic rings. The summed E-state index contributed by atoms with van der Waals surface area (Å²) in [5.41, 5.74) is 5.75. The summed E-state index contributed by atoms with van der Waals surface area (Å²) in [6, 6.07) is 11.1. The number of thioether (sulfide) groups is 1. The molecule has 108 valence electrons. The van der Waals surface area contributed by atoms with Crippen LogP contribution in [0, 0.1) is 6.92 Å². The van der Waals surface area contributed by atoms with Gasteiger partial charge < -0.3 is 9.47 Å². The first-order valence-corrected chi connectivity index (χ1v) is 8.55. The van der Waals surface area contributed by atoms with Gasteiger partial charge in [0, 0.05) is 10.8 Å². The number of hydrogen-bond acceptors (Lipinski definition) is 3. The minimum atomic E-state index is 0.343. The van der Waals surface area contributed by atoms with Gasteiger partial charge in [-0.1, -0.05) is 12.1 Å². The number of fused-ring (bicyclic) bond motifs is 2. The highest BCUT2D eigenvalue weighted by molar-refractivity contribution is 7.98. The van der Waals surface area contributed by atoms with Crippen LogP contribution in [-0.4, -0.2) is 13.0 Å². The molecule has 0 radical (unpaired) electrons. The van der Waals surface area contributed by atoms with Crippen molar-refractivity contribution in [1.29, 1.82) is 0 Å². The third kappa shape index (κ3) is 2.11. The van der Waals surface area contributed by atoms with Gasteiger partial charge in [0.05, 0.1) is 0 Å². The molecular weight excluding hydrogens is 280 g/mol. The van der Waals surface area contributed by atoms with Gasteiger partial charge in [-0.05, 0) is 66.5 Å². The minimum absolute atomic E-state index is 0.343. The van der Waals surface area contributed by atoms with Crippen molar-refractivity contribution in [2.75, 3.05) is 13.0 Å². The Morgan fingerprint density at radius 2 is 1.95 bits per heavy atom. The summed E-state index contributed by atoms with van der Waals surface area (Å²) in [6.45, 7) is 2.53. The highest BCUT2D eigenvalue weighted by atomic mass is 32.2. The van der Waals surface area contributed by atoms with Gasteiger partial charge in [-0.2, -0.15) is 0 Å². The Hall–Kier alpha value is -1.61. The zero-order chi connectivity index (χ0) is 14.4. The second-order valence-electron chi connectivity index (χ2n) is 5.74. The normalized spacial score (nSPS) is 18.9. The molecule has 2 aromatic carbocycles. The van der Waals surface area contributed by atoms with E-state index in [2.05, 4.69) is 37.4 Å². The van der Waals surface area contributed by atoms with Crippen molar-refractivity contribution in [3.05, 3.63) is 52.6 Å². The maximum atomic E-state index is 5.53. The van der Waals surface area contributed by atoms with Crippen molar-refractivity contribution in [3.63, 3.8) is 0 Å². The van der Waals surface area contributed by atoms with E-state index >= 15 is 0 Å². The van der Waals surface area contributed by atoms with Crippen LogP contribution < -0.4 is 9.47 Å². The number of hydrogen-bond donors (Lipinski definition) is 0. The highest BCUT2D eigenvalue weighted by Crippen LogP contribution is 2.45. The summed E-state index contributed by atoms with van der Waals surface area (Å²) in [6.07, 6.45) is 4.53. The van der Waals surface area contributed by atoms with Crippen LogP contribution in [0.15, 0.2) is 35.2 Å². The zero-order valence-corrected chi connectivity index (χ0v) is 13.1. The lowest BCUT2D eigenvalue weighted by Gasteiger charge is -2.16. The summed E-state index contributed by atoms with van der Waals surface area (Å²) >= 11 is 1.86. The first-order valence-electron chi connectivity index (χ1n) is 7.33. The van der Waals surface area contributed by atoms with Gasteiger partial charge in [0.2, 0.25) is 6.79 Å². The second kappa shape index (κ2) is 4.99. The van der Waals surface area contributed by atoms with Gasteiger partial charge in [-0.3, -0.25) is 0 Å². The Kier molecular flexibility index (Phi) is 3.11. The molecule has 1 aliphatic heterocycles. The maximum Gasteiger partial charge on any atom is 0.231 e. The molecule has 0 bridgehead atoms. The lowest BCUT2D eigenvalue weighted by atomic mass is 9.92. The van der Waals surface area contributed by atoms with Gasteiger partial charge in [-0.25, -0.2) is 0 Å². The molecule has 0 saturated carbocycles. The van der Waals surface area contributed by atoms with E-state index in [1.54, 1.807) is 0 Å². The molecular formula is C18H18O2S. The molecule has 2 aliphatic rings. The molecule has 1 aliphatic carbocycles. The summed E-state index contributed by atoms with van der Waals surface area (Å²) in [5, 5.41) is 0. The third-order valence-electron chi connectivity index (χ3n) is 4.44. The average Bonchev–Trinajstić information content (AvgIpc) is 3.11. The minimum Gasteiger partial charge on any atom is -0.454 e. The van der Waals surface area contributed by atoms with Gasteiger partial charge >= 0.3 is 0 Å². The largest absolute Gasteiger partial charge is 0.454 e. The van der Waals surface area contributed by atoms with Crippen LogP contribution in [0.1, 0.15) is 34.6 Å². The molecule has 1 atom stereocenters. The van der Waals surface area contributed by atoms with Crippen molar-refractivity contribution < 1.29 is 9.47 Å². The van der Waals surface area contributed by atoms with Gasteiger partial charge in [0.15, 0.2) is 11.5 Å². The Bertz CT molecular complexity index is 709. The van der Waals surface area contributed by atoms with E-state index in [0.717, 1.165) is 11.5 Å². The summed E-state index contributed by atoms with van der Waals surface area (Å²) in [4.78, 5) is 1.42.